The van der Waals surface area contributed by atoms with Crippen molar-refractivity contribution >= 4 is 72.4 Å². The number of ether oxygens (including phenoxy) is 1. The Labute approximate surface area is 256 Å². The van der Waals surface area contributed by atoms with E-state index in [4.69, 9.17) is 27.9 Å². The van der Waals surface area contributed by atoms with E-state index in [9.17, 15) is 17.4 Å². The molecule has 0 amide bonds. The summed E-state index contributed by atoms with van der Waals surface area (Å²) < 4.78 is 47.4. The van der Waals surface area contributed by atoms with Crippen molar-refractivity contribution in [2.45, 2.75) is 24.7 Å². The monoisotopic (exact) mass is 649 g/mol. The lowest BCUT2D eigenvalue weighted by molar-refractivity contribution is -0.141. The van der Waals surface area contributed by atoms with E-state index in [2.05, 4.69) is 14.9 Å². The van der Waals surface area contributed by atoms with Crippen LogP contribution >= 0.6 is 23.2 Å². The van der Waals surface area contributed by atoms with Crippen LogP contribution in [0.3, 0.4) is 0 Å². The molecule has 1 aliphatic heterocycles. The number of carbonyl (C=O) groups is 1. The van der Waals surface area contributed by atoms with Crippen molar-refractivity contribution in [1.82, 2.24) is 14.5 Å². The third kappa shape index (κ3) is 6.72. The molecule has 14 heteroatoms. The van der Waals surface area contributed by atoms with Gasteiger partial charge in [-0.1, -0.05) is 36.5 Å². The van der Waals surface area contributed by atoms with Crippen LogP contribution in [-0.4, -0.2) is 70.9 Å². The molecule has 1 aliphatic rings. The summed E-state index contributed by atoms with van der Waals surface area (Å²) >= 11 is 12.2. The summed E-state index contributed by atoms with van der Waals surface area (Å²) in [5, 5.41) is 1.03. The molecule has 0 radical (unpaired) electrons. The standard InChI is InChI=1S/C28H29Cl2N5O5S2/c1-2-3-10-40-28(36)19-35(42(38,39)24-15-21(29)14-22(30)16-24)23-4-5-25-20(13-23)6-7-34(25)27-18-31-26(17-32-27)33-8-11-41(37)12-9-33/h4-7,13-18H,2-3,8-12,19H2,1H3. The quantitative estimate of drug-likeness (QED) is 0.177. The van der Waals surface area contributed by atoms with Gasteiger partial charge in [0.25, 0.3) is 10.0 Å². The number of hydrogen-bond acceptors (Lipinski definition) is 8. The second kappa shape index (κ2) is 13.0. The highest BCUT2D eigenvalue weighted by molar-refractivity contribution is 7.92. The van der Waals surface area contributed by atoms with Crippen LogP contribution in [0.25, 0.3) is 16.7 Å². The Morgan fingerprint density at radius 1 is 1.02 bits per heavy atom. The maximum absolute atomic E-state index is 13.8. The number of rotatable bonds is 10. The van der Waals surface area contributed by atoms with Gasteiger partial charge in [-0.25, -0.2) is 18.4 Å². The fraction of sp³-hybridized carbons (Fsp3) is 0.321. The second-order valence-electron chi connectivity index (χ2n) is 9.69. The van der Waals surface area contributed by atoms with Gasteiger partial charge in [0.1, 0.15) is 12.4 Å². The molecule has 5 rings (SSSR count). The number of sulfonamides is 1. The average molecular weight is 651 g/mol. The Morgan fingerprint density at radius 2 is 1.71 bits per heavy atom. The third-order valence-electron chi connectivity index (χ3n) is 6.79. The number of esters is 1. The number of carbonyl (C=O) groups excluding carboxylic acids is 1. The minimum absolute atomic E-state index is 0.144. The van der Waals surface area contributed by atoms with Gasteiger partial charge < -0.3 is 9.64 Å². The van der Waals surface area contributed by atoms with Crippen molar-refractivity contribution in [1.29, 1.82) is 0 Å². The molecular weight excluding hydrogens is 621 g/mol. The van der Waals surface area contributed by atoms with E-state index < -0.39 is 33.3 Å². The van der Waals surface area contributed by atoms with Crippen LogP contribution in [0.1, 0.15) is 19.8 Å². The highest BCUT2D eigenvalue weighted by Gasteiger charge is 2.29. The predicted octanol–water partition coefficient (Wildman–Crippen LogP) is 4.83. The summed E-state index contributed by atoms with van der Waals surface area (Å²) in [6.45, 7) is 2.98. The maximum Gasteiger partial charge on any atom is 0.326 e. The first-order valence-corrected chi connectivity index (χ1v) is 17.0. The Balaban J connectivity index is 1.46. The first-order valence-electron chi connectivity index (χ1n) is 13.3. The zero-order valence-corrected chi connectivity index (χ0v) is 25.9. The molecule has 0 bridgehead atoms. The molecule has 0 N–H and O–H groups in total. The number of anilines is 2. The Kier molecular flexibility index (Phi) is 9.36. The largest absolute Gasteiger partial charge is 0.464 e. The van der Waals surface area contributed by atoms with Crippen LogP contribution < -0.4 is 9.21 Å². The van der Waals surface area contributed by atoms with Crippen LogP contribution in [0.4, 0.5) is 11.5 Å². The molecule has 3 heterocycles. The molecule has 10 nitrogen and oxygen atoms in total. The minimum Gasteiger partial charge on any atom is -0.464 e. The number of aromatic nitrogens is 3. The van der Waals surface area contributed by atoms with E-state index in [0.717, 1.165) is 27.4 Å². The van der Waals surface area contributed by atoms with Crippen LogP contribution in [0.15, 0.2) is 66.0 Å². The molecule has 1 fully saturated rings. The lowest BCUT2D eigenvalue weighted by atomic mass is 10.2. The fourth-order valence-electron chi connectivity index (χ4n) is 4.57. The summed E-state index contributed by atoms with van der Waals surface area (Å²) in [7, 11) is -5.03. The molecule has 0 saturated carbocycles. The summed E-state index contributed by atoms with van der Waals surface area (Å²) in [5.74, 6) is 1.86. The van der Waals surface area contributed by atoms with Gasteiger partial charge in [0.2, 0.25) is 0 Å². The molecule has 0 atom stereocenters. The van der Waals surface area contributed by atoms with Crippen molar-refractivity contribution in [3.05, 3.63) is 71.1 Å². The summed E-state index contributed by atoms with van der Waals surface area (Å²) in [4.78, 5) is 23.8. The molecule has 0 unspecified atom stereocenters. The van der Waals surface area contributed by atoms with Gasteiger partial charge in [-0.05, 0) is 48.9 Å². The van der Waals surface area contributed by atoms with E-state index in [1.54, 1.807) is 30.6 Å². The molecular formula is C28H29Cl2N5O5S2. The maximum atomic E-state index is 13.8. The van der Waals surface area contributed by atoms with Gasteiger partial charge >= 0.3 is 5.97 Å². The highest BCUT2D eigenvalue weighted by Crippen LogP contribution is 2.31. The van der Waals surface area contributed by atoms with Gasteiger partial charge in [-0.15, -0.1) is 0 Å². The van der Waals surface area contributed by atoms with Crippen molar-refractivity contribution in [3.8, 4) is 5.82 Å². The average Bonchev–Trinajstić information content (AvgIpc) is 3.39. The zero-order valence-electron chi connectivity index (χ0n) is 22.8. The van der Waals surface area contributed by atoms with Gasteiger partial charge in [0.15, 0.2) is 5.82 Å². The van der Waals surface area contributed by atoms with E-state index >= 15 is 0 Å². The summed E-state index contributed by atoms with van der Waals surface area (Å²) in [5.41, 5.74) is 1.04. The van der Waals surface area contributed by atoms with E-state index in [0.29, 0.717) is 36.8 Å². The number of hydrogen-bond donors (Lipinski definition) is 0. The van der Waals surface area contributed by atoms with Crippen LogP contribution in [0, 0.1) is 0 Å². The topological polar surface area (TPSA) is 115 Å². The molecule has 2 aromatic heterocycles. The first kappa shape index (κ1) is 30.3. The van der Waals surface area contributed by atoms with E-state index in [-0.39, 0.29) is 27.2 Å². The SMILES string of the molecule is CCCCOC(=O)CN(c1ccc2c(ccn2-c2cnc(N3CCS(=O)CC3)cn2)c1)S(=O)(=O)c1cc(Cl)cc(Cl)c1. The lowest BCUT2D eigenvalue weighted by Gasteiger charge is -2.27. The molecule has 0 spiro atoms. The minimum atomic E-state index is -4.25. The number of benzene rings is 2. The lowest BCUT2D eigenvalue weighted by Crippen LogP contribution is -2.38. The molecule has 1 saturated heterocycles. The smallest absolute Gasteiger partial charge is 0.326 e. The molecule has 42 heavy (non-hydrogen) atoms. The van der Waals surface area contributed by atoms with Crippen molar-refractivity contribution in [2.75, 3.05) is 47.0 Å². The van der Waals surface area contributed by atoms with Crippen LogP contribution in [-0.2, 0) is 30.4 Å². The molecule has 2 aromatic carbocycles. The third-order valence-corrected chi connectivity index (χ3v) is 10.3. The molecule has 222 valence electrons. The van der Waals surface area contributed by atoms with Gasteiger partial charge in [-0.2, -0.15) is 0 Å². The number of nitrogens with zero attached hydrogens (tertiary/aromatic N) is 5. The normalized spacial score (nSPS) is 14.3. The first-order chi connectivity index (χ1) is 20.2. The van der Waals surface area contributed by atoms with Crippen LogP contribution in [0.5, 0.6) is 0 Å². The van der Waals surface area contributed by atoms with Gasteiger partial charge in [0, 0.05) is 57.0 Å². The molecule has 0 aliphatic carbocycles. The van der Waals surface area contributed by atoms with Gasteiger partial charge in [0.05, 0.1) is 35.1 Å². The second-order valence-corrected chi connectivity index (χ2v) is 14.1. The van der Waals surface area contributed by atoms with Crippen LogP contribution in [0.2, 0.25) is 10.0 Å². The Hall–Kier alpha value is -3.19. The summed E-state index contributed by atoms with van der Waals surface area (Å²) in [6.07, 6.45) is 6.68. The zero-order chi connectivity index (χ0) is 29.9. The Bertz CT molecular complexity index is 1700. The van der Waals surface area contributed by atoms with E-state index in [1.807, 2.05) is 23.8 Å². The number of unbranched alkanes of at least 4 members (excludes halogenated alkanes) is 1. The van der Waals surface area contributed by atoms with E-state index in [1.165, 1.54) is 18.2 Å². The van der Waals surface area contributed by atoms with Crippen molar-refractivity contribution < 1.29 is 22.2 Å². The highest BCUT2D eigenvalue weighted by atomic mass is 35.5. The number of fused-ring (bicyclic) bond motifs is 1. The van der Waals surface area contributed by atoms with Crippen molar-refractivity contribution in [3.63, 3.8) is 0 Å². The van der Waals surface area contributed by atoms with Crippen molar-refractivity contribution in [2.24, 2.45) is 0 Å². The molecule has 4 aromatic rings. The fourth-order valence-corrected chi connectivity index (χ4v) is 7.75. The predicted molar refractivity (Wildman–Crippen MR) is 166 cm³/mol. The Morgan fingerprint density at radius 3 is 2.38 bits per heavy atom. The number of halogens is 2. The summed E-state index contributed by atoms with van der Waals surface area (Å²) in [6, 6.07) is 10.9. The van der Waals surface area contributed by atoms with Gasteiger partial charge in [-0.3, -0.25) is 17.9 Å².